The van der Waals surface area contributed by atoms with Gasteiger partial charge in [0.05, 0.1) is 15.9 Å². The molecule has 2 N–H and O–H groups in total. The molecule has 0 spiro atoms. The third-order valence-corrected chi connectivity index (χ3v) is 4.63. The fourth-order valence-corrected chi connectivity index (χ4v) is 3.50. The van der Waals surface area contributed by atoms with Crippen molar-refractivity contribution >= 4 is 33.2 Å². The van der Waals surface area contributed by atoms with E-state index in [1.807, 2.05) is 13.8 Å². The highest BCUT2D eigenvalue weighted by Crippen LogP contribution is 2.38. The van der Waals surface area contributed by atoms with Gasteiger partial charge in [-0.15, -0.1) is 11.3 Å². The number of halogens is 4. The van der Waals surface area contributed by atoms with Gasteiger partial charge in [0.1, 0.15) is 12.6 Å². The highest BCUT2D eigenvalue weighted by atomic mass is 79.9. The minimum Gasteiger partial charge on any atom is -0.342 e. The van der Waals surface area contributed by atoms with Gasteiger partial charge < -0.3 is 5.32 Å². The lowest BCUT2D eigenvalue weighted by Crippen LogP contribution is -2.49. The van der Waals surface area contributed by atoms with Crippen LogP contribution in [0.3, 0.4) is 0 Å². The molecular weight excluding hydrogens is 395 g/mol. The van der Waals surface area contributed by atoms with E-state index in [0.29, 0.717) is 3.79 Å². The van der Waals surface area contributed by atoms with Crippen LogP contribution < -0.4 is 10.6 Å². The topological polar surface area (TPSA) is 64.9 Å². The summed E-state index contributed by atoms with van der Waals surface area (Å²) in [7, 11) is 0. The average molecular weight is 412 g/mol. The van der Waals surface area contributed by atoms with Crippen molar-refractivity contribution in [2.24, 2.45) is 5.92 Å². The maximum atomic E-state index is 13.4. The Labute approximate surface area is 145 Å². The largest absolute Gasteiger partial charge is 0.408 e. The van der Waals surface area contributed by atoms with Crippen molar-refractivity contribution in [1.29, 1.82) is 5.26 Å². The number of thiophene rings is 1. The van der Waals surface area contributed by atoms with E-state index in [9.17, 15) is 18.0 Å². The van der Waals surface area contributed by atoms with E-state index >= 15 is 0 Å². The average Bonchev–Trinajstić information content (AvgIpc) is 2.84. The summed E-state index contributed by atoms with van der Waals surface area (Å²) in [4.78, 5) is 12.1. The van der Waals surface area contributed by atoms with Gasteiger partial charge in [0, 0.05) is 4.88 Å². The maximum absolute atomic E-state index is 13.4. The Balaban J connectivity index is 2.99. The molecule has 9 heteroatoms. The lowest BCUT2D eigenvalue weighted by Gasteiger charge is -2.27. The summed E-state index contributed by atoms with van der Waals surface area (Å²) in [5.74, 6) is -0.589. The first-order valence-electron chi connectivity index (χ1n) is 6.87. The van der Waals surface area contributed by atoms with Crippen molar-refractivity contribution < 1.29 is 18.0 Å². The Morgan fingerprint density at radius 2 is 2.09 bits per heavy atom. The molecule has 0 radical (unpaired) electrons. The number of alkyl halides is 3. The van der Waals surface area contributed by atoms with Crippen molar-refractivity contribution in [1.82, 2.24) is 10.6 Å². The second kappa shape index (κ2) is 8.66. The molecular formula is C14H17BrF3N3OS. The van der Waals surface area contributed by atoms with Crippen LogP contribution in [0.15, 0.2) is 15.9 Å². The molecule has 0 aliphatic rings. The fourth-order valence-electron chi connectivity index (χ4n) is 1.99. The first-order chi connectivity index (χ1) is 10.6. The fraction of sp³-hybridized carbons (Fsp3) is 0.571. The van der Waals surface area contributed by atoms with E-state index in [4.69, 9.17) is 5.26 Å². The molecule has 2 atom stereocenters. The van der Waals surface area contributed by atoms with Crippen LogP contribution in [0.4, 0.5) is 13.2 Å². The molecule has 1 amide bonds. The van der Waals surface area contributed by atoms with Crippen molar-refractivity contribution in [2.45, 2.75) is 38.5 Å². The molecule has 0 aliphatic heterocycles. The quantitative estimate of drug-likeness (QED) is 0.671. The lowest BCUT2D eigenvalue weighted by molar-refractivity contribution is -0.160. The van der Waals surface area contributed by atoms with E-state index < -0.39 is 24.2 Å². The summed E-state index contributed by atoms with van der Waals surface area (Å²) in [5, 5.41) is 13.2. The highest BCUT2D eigenvalue weighted by Gasteiger charge is 2.43. The van der Waals surface area contributed by atoms with E-state index in [2.05, 4.69) is 26.6 Å². The maximum Gasteiger partial charge on any atom is 0.408 e. The third-order valence-electron chi connectivity index (χ3n) is 2.94. The highest BCUT2D eigenvalue weighted by molar-refractivity contribution is 9.11. The summed E-state index contributed by atoms with van der Waals surface area (Å²) < 4.78 is 40.7. The van der Waals surface area contributed by atoms with Gasteiger partial charge in [-0.05, 0) is 40.4 Å². The predicted octanol–water partition coefficient (Wildman–Crippen LogP) is 3.76. The molecule has 1 heterocycles. The second-order valence-corrected chi connectivity index (χ2v) is 7.84. The van der Waals surface area contributed by atoms with Crippen molar-refractivity contribution in [3.63, 3.8) is 0 Å². The van der Waals surface area contributed by atoms with Gasteiger partial charge in [-0.2, -0.15) is 18.4 Å². The molecule has 0 aliphatic carbocycles. The molecule has 0 bridgehead atoms. The van der Waals surface area contributed by atoms with Gasteiger partial charge in [-0.1, -0.05) is 13.8 Å². The summed E-state index contributed by atoms with van der Waals surface area (Å²) >= 11 is 4.11. The van der Waals surface area contributed by atoms with E-state index in [1.54, 1.807) is 6.07 Å². The van der Waals surface area contributed by atoms with E-state index in [0.717, 1.165) is 11.3 Å². The summed E-state index contributed by atoms with van der Waals surface area (Å²) in [5.41, 5.74) is 0. The zero-order valence-corrected chi connectivity index (χ0v) is 15.0. The van der Waals surface area contributed by atoms with Crippen LogP contribution in [0, 0.1) is 17.2 Å². The minimum atomic E-state index is -4.53. The first-order valence-corrected chi connectivity index (χ1v) is 8.48. The van der Waals surface area contributed by atoms with E-state index in [-0.39, 0.29) is 23.8 Å². The number of amides is 1. The normalized spacial score (nSPS) is 14.3. The zero-order chi connectivity index (χ0) is 17.6. The summed E-state index contributed by atoms with van der Waals surface area (Å²) in [6.45, 7) is 3.39. The molecule has 0 fully saturated rings. The minimum absolute atomic E-state index is 0.0179. The van der Waals surface area contributed by atoms with Crippen LogP contribution in [-0.2, 0) is 4.79 Å². The predicted molar refractivity (Wildman–Crippen MR) is 85.8 cm³/mol. The van der Waals surface area contributed by atoms with Crippen LogP contribution in [0.5, 0.6) is 0 Å². The molecule has 23 heavy (non-hydrogen) atoms. The van der Waals surface area contributed by atoms with Crippen molar-refractivity contribution in [3.8, 4) is 6.07 Å². The molecule has 0 aromatic carbocycles. The molecule has 1 aromatic rings. The van der Waals surface area contributed by atoms with Gasteiger partial charge in [0.15, 0.2) is 0 Å². The molecule has 128 valence electrons. The number of nitrogens with one attached hydrogen (secondary N) is 2. The van der Waals surface area contributed by atoms with Gasteiger partial charge in [-0.25, -0.2) is 0 Å². The Morgan fingerprint density at radius 3 is 2.52 bits per heavy atom. The summed E-state index contributed by atoms with van der Waals surface area (Å²) in [6, 6.07) is 1.68. The van der Waals surface area contributed by atoms with Gasteiger partial charge in [0.25, 0.3) is 0 Å². The Hall–Kier alpha value is -1.11. The molecule has 0 saturated heterocycles. The summed E-state index contributed by atoms with van der Waals surface area (Å²) in [6.07, 6.45) is -4.30. The number of carbonyl (C=O) groups excluding carboxylic acids is 1. The Kier molecular flexibility index (Phi) is 7.51. The SMILES string of the molecule is CC(C)C[C@H](NC(c1ccc(Br)s1)C(F)(F)F)C(=O)NCC#N. The van der Waals surface area contributed by atoms with E-state index in [1.165, 1.54) is 12.1 Å². The molecule has 1 aromatic heterocycles. The van der Waals surface area contributed by atoms with Gasteiger partial charge >= 0.3 is 6.18 Å². The second-order valence-electron chi connectivity index (χ2n) is 5.34. The van der Waals surface area contributed by atoms with Crippen LogP contribution in [0.2, 0.25) is 0 Å². The number of carbonyl (C=O) groups is 1. The zero-order valence-electron chi connectivity index (χ0n) is 12.6. The van der Waals surface area contributed by atoms with Crippen molar-refractivity contribution in [3.05, 3.63) is 20.8 Å². The molecule has 1 rings (SSSR count). The number of hydrogen-bond acceptors (Lipinski definition) is 4. The van der Waals surface area contributed by atoms with Crippen LogP contribution >= 0.6 is 27.3 Å². The van der Waals surface area contributed by atoms with Gasteiger partial charge in [-0.3, -0.25) is 10.1 Å². The standard InChI is InChI=1S/C14H17BrF3N3OS/c1-8(2)7-9(13(22)20-6-5-19)21-12(14(16,17)18)10-3-4-11(15)23-10/h3-4,8-9,12,21H,6-7H2,1-2H3,(H,20,22)/t9-,12?/m0/s1. The van der Waals surface area contributed by atoms with Gasteiger partial charge in [0.2, 0.25) is 5.91 Å². The number of nitriles is 1. The number of rotatable bonds is 7. The molecule has 4 nitrogen and oxygen atoms in total. The number of hydrogen-bond donors (Lipinski definition) is 2. The Morgan fingerprint density at radius 1 is 1.43 bits per heavy atom. The van der Waals surface area contributed by atoms with Crippen LogP contribution in [-0.4, -0.2) is 24.7 Å². The van der Waals surface area contributed by atoms with Crippen molar-refractivity contribution in [2.75, 3.05) is 6.54 Å². The lowest BCUT2D eigenvalue weighted by atomic mass is 10.0. The molecule has 0 saturated carbocycles. The smallest absolute Gasteiger partial charge is 0.342 e. The molecule has 1 unspecified atom stereocenters. The monoisotopic (exact) mass is 411 g/mol. The first kappa shape index (κ1) is 19.9. The van der Waals surface area contributed by atoms with Crippen LogP contribution in [0.1, 0.15) is 31.2 Å². The third kappa shape index (κ3) is 6.49. The Bertz CT molecular complexity index is 568. The number of nitrogens with zero attached hydrogens (tertiary/aromatic N) is 1. The van der Waals surface area contributed by atoms with Crippen LogP contribution in [0.25, 0.3) is 0 Å².